The quantitative estimate of drug-likeness (QED) is 0.373. The molecule has 0 radical (unpaired) electrons. The lowest BCUT2D eigenvalue weighted by Crippen LogP contribution is -2.29. The fourth-order valence-corrected chi connectivity index (χ4v) is 4.10. The van der Waals surface area contributed by atoms with Gasteiger partial charge in [-0.05, 0) is 25.0 Å². The molecular weight excluding hydrogens is 368 g/mol. The van der Waals surface area contributed by atoms with Crippen LogP contribution in [0.3, 0.4) is 0 Å². The van der Waals surface area contributed by atoms with E-state index >= 15 is 0 Å². The Morgan fingerprint density at radius 3 is 2.81 bits per heavy atom. The number of hydrogen-bond acceptors (Lipinski definition) is 6. The minimum atomic E-state index is -0.472. The van der Waals surface area contributed by atoms with Crippen molar-refractivity contribution in [2.24, 2.45) is 0 Å². The number of hydrogen-bond donors (Lipinski definition) is 1. The van der Waals surface area contributed by atoms with E-state index in [2.05, 4.69) is 17.2 Å². The van der Waals surface area contributed by atoms with Gasteiger partial charge < -0.3 is 10.1 Å². The van der Waals surface area contributed by atoms with Gasteiger partial charge >= 0.3 is 5.97 Å². The fraction of sp³-hybridized carbons (Fsp3) is 0.421. The lowest BCUT2D eigenvalue weighted by atomic mass is 10.1. The molecule has 1 heterocycles. The molecule has 0 unspecified atom stereocenters. The number of ether oxygens (including phenoxy) is 1. The van der Waals surface area contributed by atoms with Crippen LogP contribution in [-0.4, -0.2) is 30.0 Å². The number of thioether (sulfide) groups is 1. The molecule has 1 amide bonds. The van der Waals surface area contributed by atoms with Crippen molar-refractivity contribution in [3.8, 4) is 0 Å². The molecule has 1 N–H and O–H groups in total. The molecule has 0 saturated carbocycles. The fourth-order valence-electron chi connectivity index (χ4n) is 2.25. The van der Waals surface area contributed by atoms with Gasteiger partial charge in [0.15, 0.2) is 6.61 Å². The Kier molecular flexibility index (Phi) is 8.64. The molecular formula is C19H24N2O3S2. The number of rotatable bonds is 10. The van der Waals surface area contributed by atoms with E-state index in [9.17, 15) is 9.59 Å². The maximum absolute atomic E-state index is 12.3. The molecule has 140 valence electrons. The summed E-state index contributed by atoms with van der Waals surface area (Å²) in [5.74, 6) is -0.110. The van der Waals surface area contributed by atoms with Crippen molar-refractivity contribution in [1.29, 1.82) is 0 Å². The van der Waals surface area contributed by atoms with E-state index < -0.39 is 5.97 Å². The van der Waals surface area contributed by atoms with Gasteiger partial charge in [0.05, 0.1) is 5.56 Å². The Balaban J connectivity index is 1.85. The van der Waals surface area contributed by atoms with Crippen LogP contribution in [0.1, 0.15) is 47.8 Å². The Bertz CT molecular complexity index is 731. The number of amides is 1. The minimum Gasteiger partial charge on any atom is -0.452 e. The average Bonchev–Trinajstić information content (AvgIpc) is 3.07. The van der Waals surface area contributed by atoms with E-state index in [0.717, 1.165) is 34.9 Å². The van der Waals surface area contributed by atoms with Crippen LogP contribution < -0.4 is 5.32 Å². The van der Waals surface area contributed by atoms with Crippen LogP contribution in [0.5, 0.6) is 0 Å². The molecule has 1 aromatic heterocycles. The highest BCUT2D eigenvalue weighted by atomic mass is 32.2. The summed E-state index contributed by atoms with van der Waals surface area (Å²) in [7, 11) is 0. The van der Waals surface area contributed by atoms with Gasteiger partial charge in [-0.25, -0.2) is 9.78 Å². The van der Waals surface area contributed by atoms with Gasteiger partial charge in [0.25, 0.3) is 5.91 Å². The largest absolute Gasteiger partial charge is 0.452 e. The van der Waals surface area contributed by atoms with Crippen molar-refractivity contribution >= 4 is 35.0 Å². The van der Waals surface area contributed by atoms with E-state index in [4.69, 9.17) is 4.74 Å². The molecule has 0 aliphatic carbocycles. The van der Waals surface area contributed by atoms with E-state index in [1.54, 1.807) is 35.2 Å². The number of carbonyl (C=O) groups is 2. The summed E-state index contributed by atoms with van der Waals surface area (Å²) >= 11 is 3.18. The molecule has 0 aliphatic heterocycles. The molecule has 0 atom stereocenters. The van der Waals surface area contributed by atoms with Crippen molar-refractivity contribution in [3.63, 3.8) is 0 Å². The van der Waals surface area contributed by atoms with Gasteiger partial charge in [-0.2, -0.15) is 0 Å². The number of benzene rings is 1. The van der Waals surface area contributed by atoms with Crippen LogP contribution >= 0.6 is 23.1 Å². The summed E-state index contributed by atoms with van der Waals surface area (Å²) < 4.78 is 6.14. The van der Waals surface area contributed by atoms with Crippen LogP contribution in [0.15, 0.2) is 34.0 Å². The number of carbonyl (C=O) groups excluding carboxylic acids is 2. The molecule has 26 heavy (non-hydrogen) atoms. The summed E-state index contributed by atoms with van der Waals surface area (Å²) in [6, 6.07) is 7.31. The molecule has 0 saturated heterocycles. The predicted molar refractivity (Wildman–Crippen MR) is 106 cm³/mol. The second kappa shape index (κ2) is 11.0. The summed E-state index contributed by atoms with van der Waals surface area (Å²) in [6.07, 6.45) is 3.11. The van der Waals surface area contributed by atoms with E-state index in [-0.39, 0.29) is 12.5 Å². The Labute approximate surface area is 162 Å². The Morgan fingerprint density at radius 2 is 2.08 bits per heavy atom. The molecule has 0 aliphatic rings. The smallest absolute Gasteiger partial charge is 0.338 e. The first-order chi connectivity index (χ1) is 12.6. The monoisotopic (exact) mass is 392 g/mol. The molecule has 0 bridgehead atoms. The molecule has 1 aromatic carbocycles. The third-order valence-corrected chi connectivity index (χ3v) is 5.81. The van der Waals surface area contributed by atoms with Gasteiger partial charge in [0, 0.05) is 23.4 Å². The van der Waals surface area contributed by atoms with Gasteiger partial charge in [-0.1, -0.05) is 49.7 Å². The van der Waals surface area contributed by atoms with Gasteiger partial charge in [0.1, 0.15) is 4.34 Å². The number of thiazole rings is 1. The molecule has 0 fully saturated rings. The van der Waals surface area contributed by atoms with Gasteiger partial charge in [-0.15, -0.1) is 11.3 Å². The van der Waals surface area contributed by atoms with E-state index in [1.807, 2.05) is 24.4 Å². The van der Waals surface area contributed by atoms with E-state index in [1.165, 1.54) is 0 Å². The Hall–Kier alpha value is -1.86. The second-order valence-electron chi connectivity index (χ2n) is 5.83. The van der Waals surface area contributed by atoms with Crippen LogP contribution in [0, 0.1) is 6.92 Å². The zero-order valence-corrected chi connectivity index (χ0v) is 16.8. The number of nitrogens with one attached hydrogen (secondary N) is 1. The predicted octanol–water partition coefficient (Wildman–Crippen LogP) is 4.21. The highest BCUT2D eigenvalue weighted by molar-refractivity contribution is 8.00. The van der Waals surface area contributed by atoms with Gasteiger partial charge in [-0.3, -0.25) is 4.79 Å². The Morgan fingerprint density at radius 1 is 1.27 bits per heavy atom. The van der Waals surface area contributed by atoms with Crippen LogP contribution in [0.4, 0.5) is 0 Å². The minimum absolute atomic E-state index is 0.252. The normalized spacial score (nSPS) is 10.5. The molecule has 5 nitrogen and oxygen atoms in total. The zero-order chi connectivity index (χ0) is 18.8. The van der Waals surface area contributed by atoms with Crippen molar-refractivity contribution in [1.82, 2.24) is 10.3 Å². The molecule has 2 rings (SSSR count). The second-order valence-corrected chi connectivity index (χ2v) is 7.91. The summed E-state index contributed by atoms with van der Waals surface area (Å²) in [5, 5.41) is 4.76. The van der Waals surface area contributed by atoms with Crippen molar-refractivity contribution in [2.75, 3.05) is 13.2 Å². The highest BCUT2D eigenvalue weighted by Crippen LogP contribution is 2.27. The number of esters is 1. The first-order valence-corrected chi connectivity index (χ1v) is 10.5. The summed E-state index contributed by atoms with van der Waals surface area (Å²) in [4.78, 5) is 28.5. The SMILES string of the molecule is CCCCCNC(=O)COC(=O)c1ccccc1CSc1nc(C)cs1. The maximum Gasteiger partial charge on any atom is 0.338 e. The zero-order valence-electron chi connectivity index (χ0n) is 15.1. The number of aryl methyl sites for hydroxylation is 1. The third-order valence-electron chi connectivity index (χ3n) is 3.62. The number of nitrogens with zero attached hydrogens (tertiary/aromatic N) is 1. The topological polar surface area (TPSA) is 68.3 Å². The third kappa shape index (κ3) is 6.80. The van der Waals surface area contributed by atoms with Gasteiger partial charge in [0.2, 0.25) is 0 Å². The summed E-state index contributed by atoms with van der Waals surface area (Å²) in [6.45, 7) is 4.43. The lowest BCUT2D eigenvalue weighted by molar-refractivity contribution is -0.124. The summed E-state index contributed by atoms with van der Waals surface area (Å²) in [5.41, 5.74) is 2.36. The maximum atomic E-state index is 12.3. The van der Waals surface area contributed by atoms with Crippen molar-refractivity contribution in [3.05, 3.63) is 46.5 Å². The number of aromatic nitrogens is 1. The van der Waals surface area contributed by atoms with Crippen molar-refractivity contribution < 1.29 is 14.3 Å². The first-order valence-electron chi connectivity index (χ1n) is 8.66. The molecule has 0 spiro atoms. The molecule has 2 aromatic rings. The van der Waals surface area contributed by atoms with Crippen LogP contribution in [-0.2, 0) is 15.3 Å². The highest BCUT2D eigenvalue weighted by Gasteiger charge is 2.14. The van der Waals surface area contributed by atoms with Crippen LogP contribution in [0.2, 0.25) is 0 Å². The molecule has 7 heteroatoms. The van der Waals surface area contributed by atoms with E-state index in [0.29, 0.717) is 17.9 Å². The van der Waals surface area contributed by atoms with Crippen molar-refractivity contribution in [2.45, 2.75) is 43.2 Å². The van der Waals surface area contributed by atoms with Crippen LogP contribution in [0.25, 0.3) is 0 Å². The number of unbranched alkanes of at least 4 members (excludes halogenated alkanes) is 2. The lowest BCUT2D eigenvalue weighted by Gasteiger charge is -2.09. The first kappa shape index (κ1) is 20.5. The average molecular weight is 393 g/mol. The standard InChI is InChI=1S/C19H24N2O3S2/c1-3-4-7-10-20-17(22)11-24-18(23)16-9-6-5-8-15(16)13-26-19-21-14(2)12-25-19/h5-6,8-9,12H,3-4,7,10-11,13H2,1-2H3,(H,20,22).